The van der Waals surface area contributed by atoms with Gasteiger partial charge in [-0.05, 0) is 114 Å². The van der Waals surface area contributed by atoms with Crippen LogP contribution in [0.1, 0.15) is 0 Å². The number of hydrogen-bond donors (Lipinski definition) is 0. The largest absolute Gasteiger partial charge is 0.304 e. The van der Waals surface area contributed by atoms with Crippen molar-refractivity contribution in [3.63, 3.8) is 0 Å². The molecule has 0 fully saturated rings. The predicted molar refractivity (Wildman–Crippen MR) is 271 cm³/mol. The van der Waals surface area contributed by atoms with Crippen molar-refractivity contribution < 1.29 is 20.1 Å². The van der Waals surface area contributed by atoms with E-state index in [1.54, 1.807) is 0 Å². The molecule has 0 amide bonds. The van der Waals surface area contributed by atoms with E-state index in [0.717, 1.165) is 116 Å². The quantitative estimate of drug-likeness (QED) is 0.112. The van der Waals surface area contributed by atoms with Crippen molar-refractivity contribution in [1.82, 2.24) is 19.9 Å². The second-order valence-corrected chi connectivity index (χ2v) is 16.4. The topological polar surface area (TPSA) is 51.6 Å². The summed E-state index contributed by atoms with van der Waals surface area (Å²) in [7, 11) is 0. The van der Waals surface area contributed by atoms with E-state index in [2.05, 4.69) is 164 Å². The Morgan fingerprint density at radius 2 is 0.687 bits per heavy atom. The Morgan fingerprint density at radius 1 is 0.284 bits per heavy atom. The molecule has 4 nitrogen and oxygen atoms in total. The maximum Gasteiger partial charge on any atom is 0.0971 e. The van der Waals surface area contributed by atoms with Crippen LogP contribution in [0.25, 0.3) is 122 Å². The zero-order chi connectivity index (χ0) is 43.8. The van der Waals surface area contributed by atoms with Crippen molar-refractivity contribution in [3.05, 3.63) is 243 Å². The van der Waals surface area contributed by atoms with Gasteiger partial charge in [0, 0.05) is 61.2 Å². The first-order chi connectivity index (χ1) is 32.7. The zero-order valence-corrected chi connectivity index (χ0v) is 38.5. The fraction of sp³-hybridized carbons (Fsp3) is 0. The van der Waals surface area contributed by atoms with Crippen LogP contribution in [0.2, 0.25) is 0 Å². The number of rotatable bonds is 8. The Bertz CT molecular complexity index is 3560. The Labute approximate surface area is 402 Å². The first kappa shape index (κ1) is 41.5. The molecule has 1 radical (unpaired) electrons. The van der Waals surface area contributed by atoms with Gasteiger partial charge in [-0.2, -0.15) is 0 Å². The summed E-state index contributed by atoms with van der Waals surface area (Å²) >= 11 is 0. The van der Waals surface area contributed by atoms with Gasteiger partial charge in [0.15, 0.2) is 0 Å². The SMILES string of the molecule is [Ir].[c-]1ccccc1-c1ccc(-c2ccccc2-c2cc(-c3ccccc3-c3ccc(-c4[c-]cccc4)nc3)cc(-c3ccccc3-c3cnc4c(c3)c3ccccc3c3cccnc34)c2)cn1. The summed E-state index contributed by atoms with van der Waals surface area (Å²) in [5.41, 5.74) is 18.5. The van der Waals surface area contributed by atoms with Crippen LogP contribution in [0.15, 0.2) is 231 Å². The van der Waals surface area contributed by atoms with Crippen molar-refractivity contribution in [2.24, 2.45) is 0 Å². The standard InChI is InChI=1S/C62H38N4.Ir/c1-3-16-41(17-4-1)59-31-29-43(38-64-59)49-20-7-9-22-51(49)45-34-46(52-23-10-8-21-50(52)44-30-32-60(65-39-44)42-18-5-2-6-19-42)36-47(35-45)53-24-11-12-25-54(53)48-37-58-56-27-14-13-26-55(56)57-28-15-33-63-61(57)62(58)66-40-48;/h1-16,18,20-40H;/q-2;. The van der Waals surface area contributed by atoms with E-state index in [1.807, 2.05) is 79.4 Å². The Hall–Kier alpha value is -8.21. The molecule has 317 valence electrons. The van der Waals surface area contributed by atoms with Crippen LogP contribution in [-0.2, 0) is 20.1 Å². The maximum absolute atomic E-state index is 5.16. The predicted octanol–water partition coefficient (Wildman–Crippen LogP) is 15.7. The first-order valence-corrected chi connectivity index (χ1v) is 22.1. The molecule has 0 aliphatic carbocycles. The molecular weight excluding hydrogens is 993 g/mol. The molecule has 0 bridgehead atoms. The molecule has 12 rings (SSSR count). The average Bonchev–Trinajstić information content (AvgIpc) is 3.41. The van der Waals surface area contributed by atoms with Crippen LogP contribution >= 0.6 is 0 Å². The Morgan fingerprint density at radius 3 is 1.15 bits per heavy atom. The van der Waals surface area contributed by atoms with Gasteiger partial charge >= 0.3 is 0 Å². The minimum Gasteiger partial charge on any atom is -0.304 e. The molecule has 4 aromatic heterocycles. The second-order valence-electron chi connectivity index (χ2n) is 16.4. The molecule has 67 heavy (non-hydrogen) atoms. The van der Waals surface area contributed by atoms with Crippen molar-refractivity contribution in [1.29, 1.82) is 0 Å². The third kappa shape index (κ3) is 7.81. The normalized spacial score (nSPS) is 11.2. The van der Waals surface area contributed by atoms with Gasteiger partial charge in [-0.1, -0.05) is 127 Å². The number of hydrogen-bond acceptors (Lipinski definition) is 4. The number of fused-ring (bicyclic) bond motifs is 6. The molecule has 0 N–H and O–H groups in total. The molecule has 0 saturated heterocycles. The van der Waals surface area contributed by atoms with Gasteiger partial charge in [0.1, 0.15) is 0 Å². The summed E-state index contributed by atoms with van der Waals surface area (Å²) in [4.78, 5) is 19.8. The maximum atomic E-state index is 5.16. The molecule has 8 aromatic carbocycles. The molecule has 0 unspecified atom stereocenters. The van der Waals surface area contributed by atoms with Crippen LogP contribution in [0.4, 0.5) is 0 Å². The van der Waals surface area contributed by atoms with E-state index in [4.69, 9.17) is 19.9 Å². The van der Waals surface area contributed by atoms with Crippen LogP contribution in [0.3, 0.4) is 0 Å². The molecule has 4 heterocycles. The van der Waals surface area contributed by atoms with Gasteiger partial charge < -0.3 is 9.97 Å². The fourth-order valence-electron chi connectivity index (χ4n) is 9.35. The first-order valence-electron chi connectivity index (χ1n) is 22.1. The summed E-state index contributed by atoms with van der Waals surface area (Å²) < 4.78 is 0. The Kier molecular flexibility index (Phi) is 11.1. The molecule has 0 aliphatic rings. The van der Waals surface area contributed by atoms with Crippen LogP contribution < -0.4 is 0 Å². The van der Waals surface area contributed by atoms with E-state index >= 15 is 0 Å². The average molecular weight is 1030 g/mol. The van der Waals surface area contributed by atoms with Crippen LogP contribution in [0.5, 0.6) is 0 Å². The summed E-state index contributed by atoms with van der Waals surface area (Å²) in [5, 5.41) is 4.51. The van der Waals surface area contributed by atoms with E-state index in [1.165, 1.54) is 5.39 Å². The molecular formula is C62H38IrN4-2. The molecule has 0 atom stereocenters. The van der Waals surface area contributed by atoms with Crippen molar-refractivity contribution >= 4 is 32.6 Å². The smallest absolute Gasteiger partial charge is 0.0971 e. The summed E-state index contributed by atoms with van der Waals surface area (Å²) in [6, 6.07) is 79.0. The van der Waals surface area contributed by atoms with E-state index < -0.39 is 0 Å². The monoisotopic (exact) mass is 1030 g/mol. The van der Waals surface area contributed by atoms with Crippen molar-refractivity contribution in [2.75, 3.05) is 0 Å². The molecule has 12 aromatic rings. The zero-order valence-electron chi connectivity index (χ0n) is 36.1. The number of aromatic nitrogens is 4. The summed E-state index contributed by atoms with van der Waals surface area (Å²) in [5.74, 6) is 0. The van der Waals surface area contributed by atoms with Gasteiger partial charge in [-0.15, -0.1) is 71.8 Å². The van der Waals surface area contributed by atoms with Crippen molar-refractivity contribution in [3.8, 4) is 89.3 Å². The van der Waals surface area contributed by atoms with Crippen molar-refractivity contribution in [2.45, 2.75) is 0 Å². The Balaban J connectivity index is 0.00000494. The minimum atomic E-state index is 0. The van der Waals surface area contributed by atoms with Gasteiger partial charge in [-0.3, -0.25) is 9.97 Å². The van der Waals surface area contributed by atoms with E-state index in [9.17, 15) is 0 Å². The van der Waals surface area contributed by atoms with E-state index in [-0.39, 0.29) is 20.1 Å². The molecule has 0 aliphatic heterocycles. The fourth-order valence-corrected chi connectivity index (χ4v) is 9.35. The van der Waals surface area contributed by atoms with Crippen LogP contribution in [-0.4, -0.2) is 19.9 Å². The molecule has 0 saturated carbocycles. The molecule has 5 heteroatoms. The summed E-state index contributed by atoms with van der Waals surface area (Å²) in [6.07, 6.45) is 7.81. The van der Waals surface area contributed by atoms with Gasteiger partial charge in [0.2, 0.25) is 0 Å². The second kappa shape index (κ2) is 18.0. The third-order valence-corrected chi connectivity index (χ3v) is 12.5. The number of pyridine rings is 4. The van der Waals surface area contributed by atoms with Gasteiger partial charge in [0.05, 0.1) is 11.0 Å². The molecule has 0 spiro atoms. The van der Waals surface area contributed by atoms with Crippen LogP contribution in [0, 0.1) is 12.1 Å². The van der Waals surface area contributed by atoms with Gasteiger partial charge in [0.25, 0.3) is 0 Å². The number of benzene rings is 8. The third-order valence-electron chi connectivity index (χ3n) is 12.5. The van der Waals surface area contributed by atoms with Gasteiger partial charge in [-0.25, -0.2) is 0 Å². The van der Waals surface area contributed by atoms with E-state index in [0.29, 0.717) is 0 Å². The summed E-state index contributed by atoms with van der Waals surface area (Å²) in [6.45, 7) is 0. The number of nitrogens with zero attached hydrogens (tertiary/aromatic N) is 4. The minimum absolute atomic E-state index is 0.